The maximum Gasteiger partial charge on any atom is 0.276 e. The maximum absolute atomic E-state index is 13.1. The third-order valence-corrected chi connectivity index (χ3v) is 4.75. The normalized spacial score (nSPS) is 16.0. The van der Waals surface area contributed by atoms with Crippen LogP contribution in [0.3, 0.4) is 0 Å². The van der Waals surface area contributed by atoms with Gasteiger partial charge in [-0.2, -0.15) is 5.10 Å². The quantitative estimate of drug-likeness (QED) is 0.755. The minimum absolute atomic E-state index is 0.141. The van der Waals surface area contributed by atoms with E-state index in [0.717, 1.165) is 17.0 Å². The number of benzene rings is 2. The van der Waals surface area contributed by atoms with Crippen molar-refractivity contribution >= 4 is 11.6 Å². The minimum atomic E-state index is -0.397. The molecule has 1 atom stereocenters. The molecule has 3 aromatic rings. The molecule has 140 valence electrons. The average molecular weight is 373 g/mol. The van der Waals surface area contributed by atoms with Crippen molar-refractivity contribution in [1.82, 2.24) is 9.99 Å². The molecule has 2 heterocycles. The summed E-state index contributed by atoms with van der Waals surface area (Å²) >= 11 is 0. The van der Waals surface area contributed by atoms with E-state index in [1.807, 2.05) is 36.4 Å². The molecule has 1 aliphatic rings. The number of amides is 1. The summed E-state index contributed by atoms with van der Waals surface area (Å²) in [6, 6.07) is 17.6. The molecular weight excluding hydrogens is 354 g/mol. The number of rotatable bonds is 4. The van der Waals surface area contributed by atoms with Crippen molar-refractivity contribution in [3.8, 4) is 11.5 Å². The predicted molar refractivity (Wildman–Crippen MR) is 105 cm³/mol. The Balaban J connectivity index is 1.73. The van der Waals surface area contributed by atoms with Gasteiger partial charge in [-0.25, -0.2) is 5.01 Å². The van der Waals surface area contributed by atoms with Gasteiger partial charge in [0.1, 0.15) is 11.5 Å². The van der Waals surface area contributed by atoms with Gasteiger partial charge in [0, 0.05) is 24.4 Å². The minimum Gasteiger partial charge on any atom is -0.508 e. The first kappa shape index (κ1) is 17.7. The number of carbonyl (C=O) groups excluding carboxylic acids is 1. The zero-order chi connectivity index (χ0) is 19.5. The lowest BCUT2D eigenvalue weighted by atomic mass is 9.97. The van der Waals surface area contributed by atoms with Crippen molar-refractivity contribution in [2.24, 2.45) is 5.10 Å². The molecule has 6 heteroatoms. The van der Waals surface area contributed by atoms with Gasteiger partial charge in [-0.15, -0.1) is 0 Å². The molecule has 0 radical (unpaired) electrons. The number of nitrogens with zero attached hydrogens (tertiary/aromatic N) is 3. The molecule has 0 saturated carbocycles. The smallest absolute Gasteiger partial charge is 0.276 e. The fourth-order valence-corrected chi connectivity index (χ4v) is 3.29. The number of pyridine rings is 1. The van der Waals surface area contributed by atoms with Crippen LogP contribution in [0, 0.1) is 0 Å². The monoisotopic (exact) mass is 373 g/mol. The topological polar surface area (TPSA) is 75.0 Å². The molecule has 1 amide bonds. The van der Waals surface area contributed by atoms with Crippen LogP contribution in [0.25, 0.3) is 0 Å². The number of methoxy groups -OCH3 is 1. The van der Waals surface area contributed by atoms with Crippen LogP contribution >= 0.6 is 0 Å². The Kier molecular flexibility index (Phi) is 4.76. The van der Waals surface area contributed by atoms with E-state index >= 15 is 0 Å². The number of carbonyl (C=O) groups is 1. The lowest BCUT2D eigenvalue weighted by Gasteiger charge is -2.22. The highest BCUT2D eigenvalue weighted by Crippen LogP contribution is 2.37. The van der Waals surface area contributed by atoms with E-state index in [1.54, 1.807) is 37.6 Å². The highest BCUT2D eigenvalue weighted by atomic mass is 16.5. The summed E-state index contributed by atoms with van der Waals surface area (Å²) in [5, 5.41) is 16.4. The molecule has 1 aromatic heterocycles. The molecule has 0 fully saturated rings. The van der Waals surface area contributed by atoms with E-state index in [2.05, 4.69) is 10.1 Å². The largest absolute Gasteiger partial charge is 0.508 e. The SMILES string of the molecule is COc1ccc(C2=NN(C(=O)c3cccnc3)[C@H](c3ccccc3O)C2)cc1. The molecule has 0 bridgehead atoms. The molecule has 1 N–H and O–H groups in total. The third kappa shape index (κ3) is 3.32. The van der Waals surface area contributed by atoms with Crippen LogP contribution in [-0.4, -0.2) is 33.8 Å². The number of para-hydroxylation sites is 1. The van der Waals surface area contributed by atoms with Crippen molar-refractivity contribution in [2.45, 2.75) is 12.5 Å². The van der Waals surface area contributed by atoms with Gasteiger partial charge in [-0.3, -0.25) is 9.78 Å². The first-order valence-corrected chi connectivity index (χ1v) is 8.91. The van der Waals surface area contributed by atoms with Gasteiger partial charge in [0.05, 0.1) is 24.4 Å². The maximum atomic E-state index is 13.1. The van der Waals surface area contributed by atoms with E-state index in [0.29, 0.717) is 17.5 Å². The molecule has 4 rings (SSSR count). The Labute approximate surface area is 162 Å². The number of aromatic hydroxyl groups is 1. The van der Waals surface area contributed by atoms with Crippen molar-refractivity contribution in [1.29, 1.82) is 0 Å². The summed E-state index contributed by atoms with van der Waals surface area (Å²) in [5.41, 5.74) is 2.78. The Morgan fingerprint density at radius 3 is 2.57 bits per heavy atom. The van der Waals surface area contributed by atoms with Crippen molar-refractivity contribution in [3.63, 3.8) is 0 Å². The highest BCUT2D eigenvalue weighted by Gasteiger charge is 2.35. The van der Waals surface area contributed by atoms with Gasteiger partial charge in [0.2, 0.25) is 0 Å². The summed E-state index contributed by atoms with van der Waals surface area (Å²) < 4.78 is 5.21. The Hall–Kier alpha value is -3.67. The first-order valence-electron chi connectivity index (χ1n) is 8.91. The standard InChI is InChI=1S/C22H19N3O3/c1-28-17-10-8-15(9-11-17)19-13-20(18-6-2-3-7-21(18)26)25(24-19)22(27)16-5-4-12-23-14-16/h2-12,14,20,26H,13H2,1H3/t20-/m0/s1. The fraction of sp³-hybridized carbons (Fsp3) is 0.136. The van der Waals surface area contributed by atoms with E-state index in [9.17, 15) is 9.90 Å². The fourth-order valence-electron chi connectivity index (χ4n) is 3.29. The van der Waals surface area contributed by atoms with E-state index in [4.69, 9.17) is 4.74 Å². The highest BCUT2D eigenvalue weighted by molar-refractivity contribution is 6.05. The van der Waals surface area contributed by atoms with Crippen LogP contribution in [0.2, 0.25) is 0 Å². The lowest BCUT2D eigenvalue weighted by Crippen LogP contribution is -2.27. The molecule has 6 nitrogen and oxygen atoms in total. The van der Waals surface area contributed by atoms with Crippen LogP contribution < -0.4 is 4.74 Å². The number of hydrogen-bond donors (Lipinski definition) is 1. The summed E-state index contributed by atoms with van der Waals surface area (Å²) in [7, 11) is 1.62. The van der Waals surface area contributed by atoms with E-state index < -0.39 is 6.04 Å². The Bertz CT molecular complexity index is 1020. The van der Waals surface area contributed by atoms with Gasteiger partial charge in [-0.1, -0.05) is 18.2 Å². The van der Waals surface area contributed by atoms with Gasteiger partial charge in [-0.05, 0) is 48.0 Å². The first-order chi connectivity index (χ1) is 13.7. The molecule has 28 heavy (non-hydrogen) atoms. The van der Waals surface area contributed by atoms with E-state index in [1.165, 1.54) is 11.2 Å². The van der Waals surface area contributed by atoms with Gasteiger partial charge < -0.3 is 9.84 Å². The number of hydrogen-bond acceptors (Lipinski definition) is 5. The van der Waals surface area contributed by atoms with Crippen molar-refractivity contribution in [3.05, 3.63) is 89.7 Å². The summed E-state index contributed by atoms with van der Waals surface area (Å²) in [6.45, 7) is 0. The van der Waals surface area contributed by atoms with Crippen molar-refractivity contribution < 1.29 is 14.6 Å². The molecule has 0 unspecified atom stereocenters. The number of ether oxygens (including phenoxy) is 1. The second-order valence-electron chi connectivity index (χ2n) is 6.45. The zero-order valence-electron chi connectivity index (χ0n) is 15.3. The van der Waals surface area contributed by atoms with Gasteiger partial charge >= 0.3 is 0 Å². The van der Waals surface area contributed by atoms with Gasteiger partial charge in [0.15, 0.2) is 0 Å². The molecule has 1 aliphatic heterocycles. The Morgan fingerprint density at radius 1 is 1.11 bits per heavy atom. The van der Waals surface area contributed by atoms with Crippen LogP contribution in [0.4, 0.5) is 0 Å². The number of phenolic OH excluding ortho intramolecular Hbond substituents is 1. The summed E-state index contributed by atoms with van der Waals surface area (Å²) in [5.74, 6) is 0.635. The molecule has 0 spiro atoms. The second kappa shape index (κ2) is 7.52. The van der Waals surface area contributed by atoms with Crippen LogP contribution in [0.5, 0.6) is 11.5 Å². The molecule has 2 aromatic carbocycles. The number of aromatic nitrogens is 1. The number of hydrazone groups is 1. The summed E-state index contributed by atoms with van der Waals surface area (Å²) in [4.78, 5) is 17.1. The van der Waals surface area contributed by atoms with Crippen LogP contribution in [-0.2, 0) is 0 Å². The molecule has 0 aliphatic carbocycles. The molecular formula is C22H19N3O3. The predicted octanol–water partition coefficient (Wildman–Crippen LogP) is 3.79. The zero-order valence-corrected chi connectivity index (χ0v) is 15.3. The third-order valence-electron chi connectivity index (χ3n) is 4.75. The lowest BCUT2D eigenvalue weighted by molar-refractivity contribution is 0.0709. The van der Waals surface area contributed by atoms with E-state index in [-0.39, 0.29) is 11.7 Å². The summed E-state index contributed by atoms with van der Waals surface area (Å²) in [6.07, 6.45) is 3.63. The van der Waals surface area contributed by atoms with Gasteiger partial charge in [0.25, 0.3) is 5.91 Å². The van der Waals surface area contributed by atoms with Crippen molar-refractivity contribution in [2.75, 3.05) is 7.11 Å². The Morgan fingerprint density at radius 2 is 1.89 bits per heavy atom. The average Bonchev–Trinajstić information content (AvgIpc) is 3.19. The van der Waals surface area contributed by atoms with Crippen LogP contribution in [0.1, 0.15) is 33.9 Å². The number of phenols is 1. The second-order valence-corrected chi connectivity index (χ2v) is 6.45. The van der Waals surface area contributed by atoms with Crippen LogP contribution in [0.15, 0.2) is 78.2 Å². The molecule has 0 saturated heterocycles.